The summed E-state index contributed by atoms with van der Waals surface area (Å²) in [7, 11) is 0. The number of halogens is 3. The third-order valence-corrected chi connectivity index (χ3v) is 8.27. The first-order valence-electron chi connectivity index (χ1n) is 11.7. The van der Waals surface area contributed by atoms with Gasteiger partial charge in [0.15, 0.2) is 0 Å². The normalized spacial score (nSPS) is 35.7. The minimum atomic E-state index is -4.38. The number of nitrogens with two attached hydrogens (primary N) is 1. The zero-order chi connectivity index (χ0) is 22.7. The lowest BCUT2D eigenvalue weighted by atomic mass is 9.51. The molecule has 0 spiro atoms. The van der Waals surface area contributed by atoms with Gasteiger partial charge >= 0.3 is 6.18 Å². The second-order valence-corrected chi connectivity index (χ2v) is 10.5. The highest BCUT2D eigenvalue weighted by Gasteiger charge is 2.54. The highest BCUT2D eigenvalue weighted by Crippen LogP contribution is 2.54. The van der Waals surface area contributed by atoms with Crippen LogP contribution in [-0.2, 0) is 11.0 Å². The molecule has 1 saturated heterocycles. The van der Waals surface area contributed by atoms with Crippen LogP contribution in [-0.4, -0.2) is 59.6 Å². The maximum absolute atomic E-state index is 13.1. The number of carbonyl (C=O) groups excluding carboxylic acids is 1. The minimum Gasteiger partial charge on any atom is -0.354 e. The number of anilines is 1. The van der Waals surface area contributed by atoms with Gasteiger partial charge in [-0.25, -0.2) is 4.98 Å². The molecule has 1 aliphatic heterocycles. The Hall–Kier alpha value is -1.87. The van der Waals surface area contributed by atoms with E-state index in [9.17, 15) is 18.0 Å². The molecule has 1 amide bonds. The van der Waals surface area contributed by atoms with E-state index in [1.54, 1.807) is 0 Å². The zero-order valence-electron chi connectivity index (χ0n) is 18.4. The summed E-state index contributed by atoms with van der Waals surface area (Å²) in [6, 6.07) is 2.50. The maximum Gasteiger partial charge on any atom is 0.417 e. The Balaban J connectivity index is 1.14. The number of nitrogens with one attached hydrogen (secondary N) is 1. The zero-order valence-corrected chi connectivity index (χ0v) is 18.4. The summed E-state index contributed by atoms with van der Waals surface area (Å²) in [4.78, 5) is 21.2. The average Bonchev–Trinajstić information content (AvgIpc) is 2.74. The fourth-order valence-electron chi connectivity index (χ4n) is 6.85. The van der Waals surface area contributed by atoms with Crippen LogP contribution < -0.4 is 16.0 Å². The molecule has 5 aliphatic rings. The van der Waals surface area contributed by atoms with E-state index in [0.717, 1.165) is 37.4 Å². The fourth-order valence-corrected chi connectivity index (χ4v) is 6.85. The van der Waals surface area contributed by atoms with Crippen molar-refractivity contribution in [2.75, 3.05) is 31.1 Å². The molecule has 6 nitrogen and oxygen atoms in total. The molecule has 1 aromatic rings. The van der Waals surface area contributed by atoms with E-state index >= 15 is 0 Å². The van der Waals surface area contributed by atoms with Gasteiger partial charge in [-0.2, -0.15) is 13.2 Å². The van der Waals surface area contributed by atoms with Gasteiger partial charge in [0, 0.05) is 44.0 Å². The number of hydrogen-bond acceptors (Lipinski definition) is 5. The molecule has 32 heavy (non-hydrogen) atoms. The Bertz CT molecular complexity index is 836. The number of hydrogen-bond donors (Lipinski definition) is 2. The number of piperazine rings is 1. The number of aromatic nitrogens is 1. The Kier molecular flexibility index (Phi) is 5.40. The van der Waals surface area contributed by atoms with Crippen LogP contribution in [0.3, 0.4) is 0 Å². The molecule has 3 unspecified atom stereocenters. The summed E-state index contributed by atoms with van der Waals surface area (Å²) in [5.74, 6) is 2.36. The summed E-state index contributed by atoms with van der Waals surface area (Å²) in [5.41, 5.74) is 5.85. The number of alkyl halides is 3. The van der Waals surface area contributed by atoms with Gasteiger partial charge in [-0.15, -0.1) is 0 Å². The minimum absolute atomic E-state index is 0.00793. The molecule has 3 atom stereocenters. The molecule has 4 saturated carbocycles. The SMILES string of the molecule is CC(C(=O)NC1C2CC3CC1CC(N)(C3)C2)N1CCN(c2ccc(C(F)(F)F)cn2)CC1. The van der Waals surface area contributed by atoms with Gasteiger partial charge in [0.2, 0.25) is 5.91 Å². The molecule has 6 rings (SSSR count). The smallest absolute Gasteiger partial charge is 0.354 e. The maximum atomic E-state index is 13.1. The van der Waals surface area contributed by atoms with E-state index in [-0.39, 0.29) is 23.5 Å². The summed E-state index contributed by atoms with van der Waals surface area (Å²) in [6.45, 7) is 4.54. The first-order valence-corrected chi connectivity index (χ1v) is 11.7. The van der Waals surface area contributed by atoms with E-state index in [1.807, 2.05) is 11.8 Å². The van der Waals surface area contributed by atoms with Crippen molar-refractivity contribution in [2.24, 2.45) is 23.5 Å². The second kappa shape index (κ2) is 7.87. The van der Waals surface area contributed by atoms with Crippen LogP contribution in [0.2, 0.25) is 0 Å². The topological polar surface area (TPSA) is 74.5 Å². The van der Waals surface area contributed by atoms with Crippen LogP contribution in [0.25, 0.3) is 0 Å². The molecule has 4 aliphatic carbocycles. The summed E-state index contributed by atoms with van der Waals surface area (Å²) < 4.78 is 38.3. The van der Waals surface area contributed by atoms with Crippen LogP contribution >= 0.6 is 0 Å². The Morgan fingerprint density at radius 3 is 2.34 bits per heavy atom. The molecule has 2 heterocycles. The van der Waals surface area contributed by atoms with Crippen LogP contribution in [0.4, 0.5) is 19.0 Å². The van der Waals surface area contributed by atoms with Crippen LogP contribution in [0.5, 0.6) is 0 Å². The highest BCUT2D eigenvalue weighted by atomic mass is 19.4. The van der Waals surface area contributed by atoms with E-state index in [2.05, 4.69) is 15.2 Å². The van der Waals surface area contributed by atoms with Gasteiger partial charge in [-0.05, 0) is 68.9 Å². The number of rotatable bonds is 4. The molecular formula is C23H32F3N5O. The van der Waals surface area contributed by atoms with Gasteiger partial charge in [0.1, 0.15) is 5.82 Å². The quantitative estimate of drug-likeness (QED) is 0.736. The highest BCUT2D eigenvalue weighted by molar-refractivity contribution is 5.81. The lowest BCUT2D eigenvalue weighted by molar-refractivity contribution is -0.137. The van der Waals surface area contributed by atoms with Crippen molar-refractivity contribution < 1.29 is 18.0 Å². The Labute approximate surface area is 186 Å². The molecule has 5 fully saturated rings. The fraction of sp³-hybridized carbons (Fsp3) is 0.739. The van der Waals surface area contributed by atoms with Crippen molar-refractivity contribution >= 4 is 11.7 Å². The first-order chi connectivity index (χ1) is 15.1. The van der Waals surface area contributed by atoms with Gasteiger partial charge in [-0.3, -0.25) is 9.69 Å². The Morgan fingerprint density at radius 1 is 1.16 bits per heavy atom. The van der Waals surface area contributed by atoms with Crippen molar-refractivity contribution in [2.45, 2.75) is 62.8 Å². The summed E-state index contributed by atoms with van der Waals surface area (Å²) >= 11 is 0. The van der Waals surface area contributed by atoms with Crippen molar-refractivity contribution in [3.63, 3.8) is 0 Å². The lowest BCUT2D eigenvalue weighted by Gasteiger charge is -2.59. The molecular weight excluding hydrogens is 419 g/mol. The van der Waals surface area contributed by atoms with E-state index in [1.165, 1.54) is 18.9 Å². The van der Waals surface area contributed by atoms with Gasteiger partial charge < -0.3 is 16.0 Å². The predicted octanol–water partition coefficient (Wildman–Crippen LogP) is 2.63. The monoisotopic (exact) mass is 451 g/mol. The molecule has 176 valence electrons. The first kappa shape index (κ1) is 21.9. The van der Waals surface area contributed by atoms with Crippen molar-refractivity contribution in [3.05, 3.63) is 23.9 Å². The number of nitrogens with zero attached hydrogens (tertiary/aromatic N) is 3. The Morgan fingerprint density at radius 2 is 1.81 bits per heavy atom. The standard InChI is InChI=1S/C23H32F3N5O/c1-14(21(32)29-20-16-8-15-9-17(20)12-22(27,10-15)11-16)30-4-6-31(7-5-30)19-3-2-18(13-28-19)23(24,25)26/h2-3,13-17,20H,4-12,27H2,1H3,(H,29,32). The average molecular weight is 452 g/mol. The van der Waals surface area contributed by atoms with E-state index in [0.29, 0.717) is 43.8 Å². The lowest BCUT2D eigenvalue weighted by Crippen LogP contribution is -2.66. The largest absolute Gasteiger partial charge is 0.417 e. The van der Waals surface area contributed by atoms with Crippen molar-refractivity contribution in [1.82, 2.24) is 15.2 Å². The van der Waals surface area contributed by atoms with Crippen LogP contribution in [0.15, 0.2) is 18.3 Å². The third kappa shape index (κ3) is 4.09. The molecule has 1 aromatic heterocycles. The molecule has 0 radical (unpaired) electrons. The van der Waals surface area contributed by atoms with Crippen molar-refractivity contribution in [3.8, 4) is 0 Å². The number of amides is 1. The van der Waals surface area contributed by atoms with E-state index in [4.69, 9.17) is 5.73 Å². The third-order valence-electron chi connectivity index (χ3n) is 8.27. The van der Waals surface area contributed by atoms with Crippen LogP contribution in [0, 0.1) is 17.8 Å². The van der Waals surface area contributed by atoms with Crippen molar-refractivity contribution in [1.29, 1.82) is 0 Å². The van der Waals surface area contributed by atoms with Gasteiger partial charge in [0.25, 0.3) is 0 Å². The predicted molar refractivity (Wildman–Crippen MR) is 115 cm³/mol. The molecule has 4 bridgehead atoms. The summed E-state index contributed by atoms with van der Waals surface area (Å²) in [6.07, 6.45) is 2.08. The van der Waals surface area contributed by atoms with Crippen LogP contribution in [0.1, 0.15) is 44.6 Å². The molecule has 3 N–H and O–H groups in total. The molecule has 9 heteroatoms. The van der Waals surface area contributed by atoms with Gasteiger partial charge in [0.05, 0.1) is 11.6 Å². The van der Waals surface area contributed by atoms with E-state index < -0.39 is 11.7 Å². The number of pyridine rings is 1. The summed E-state index contributed by atoms with van der Waals surface area (Å²) in [5, 5.41) is 3.37. The number of carbonyl (C=O) groups is 1. The molecule has 0 aromatic carbocycles. The second-order valence-electron chi connectivity index (χ2n) is 10.5. The van der Waals surface area contributed by atoms with Gasteiger partial charge in [-0.1, -0.05) is 0 Å².